The summed E-state index contributed by atoms with van der Waals surface area (Å²) >= 11 is 4.89. The van der Waals surface area contributed by atoms with Gasteiger partial charge in [-0.05, 0) is 35.7 Å². The second kappa shape index (κ2) is 5.12. The Labute approximate surface area is 121 Å². The molecule has 2 heterocycles. The van der Waals surface area contributed by atoms with Crippen LogP contribution in [0.15, 0.2) is 40.2 Å². The van der Waals surface area contributed by atoms with Crippen molar-refractivity contribution in [1.82, 2.24) is 9.97 Å². The summed E-state index contributed by atoms with van der Waals surface area (Å²) in [5.74, 6) is 6.89. The number of benzene rings is 1. The minimum atomic E-state index is 0.335. The van der Waals surface area contributed by atoms with Crippen LogP contribution in [0.1, 0.15) is 0 Å². The third-order valence-corrected chi connectivity index (χ3v) is 3.78. The second-order valence-corrected chi connectivity index (χ2v) is 5.50. The number of ether oxygens (including phenoxy) is 1. The minimum Gasteiger partial charge on any atom is -0.438 e. The maximum atomic E-state index is 5.79. The Morgan fingerprint density at radius 2 is 1.95 bits per heavy atom. The first-order valence-electron chi connectivity index (χ1n) is 5.41. The maximum Gasteiger partial charge on any atom is 0.241 e. The minimum absolute atomic E-state index is 0.335. The highest BCUT2D eigenvalue weighted by Gasteiger charge is 2.10. The summed E-state index contributed by atoms with van der Waals surface area (Å²) in [5, 5.41) is 2.81. The molecule has 0 aliphatic heterocycles. The van der Waals surface area contributed by atoms with Crippen molar-refractivity contribution >= 4 is 43.4 Å². The van der Waals surface area contributed by atoms with E-state index >= 15 is 0 Å². The van der Waals surface area contributed by atoms with Crippen molar-refractivity contribution in [2.45, 2.75) is 0 Å². The van der Waals surface area contributed by atoms with E-state index in [0.29, 0.717) is 17.6 Å². The van der Waals surface area contributed by atoms with Gasteiger partial charge in [0.2, 0.25) is 11.8 Å². The van der Waals surface area contributed by atoms with Crippen molar-refractivity contribution in [3.8, 4) is 11.6 Å². The molecule has 5 nitrogen and oxygen atoms in total. The van der Waals surface area contributed by atoms with Crippen LogP contribution in [0.25, 0.3) is 10.2 Å². The Morgan fingerprint density at radius 1 is 1.16 bits per heavy atom. The number of nitrogens with zero attached hydrogens (tertiary/aromatic N) is 2. The number of rotatable bonds is 3. The lowest BCUT2D eigenvalue weighted by Crippen LogP contribution is -2.10. The highest BCUT2D eigenvalue weighted by Crippen LogP contribution is 2.31. The van der Waals surface area contributed by atoms with Crippen LogP contribution < -0.4 is 16.0 Å². The molecule has 0 unspecified atom stereocenters. The third-order valence-electron chi connectivity index (χ3n) is 2.45. The third kappa shape index (κ3) is 2.53. The molecule has 3 rings (SSSR count). The summed E-state index contributed by atoms with van der Waals surface area (Å²) in [6.45, 7) is 0. The number of halogens is 1. The van der Waals surface area contributed by atoms with Crippen LogP contribution in [0.3, 0.4) is 0 Å². The van der Waals surface area contributed by atoms with Crippen LogP contribution in [-0.4, -0.2) is 9.97 Å². The predicted octanol–water partition coefficient (Wildman–Crippen LogP) is 3.53. The molecular formula is C12H9BrN4OS. The van der Waals surface area contributed by atoms with Crippen LogP contribution in [-0.2, 0) is 0 Å². The Morgan fingerprint density at radius 3 is 2.68 bits per heavy atom. The van der Waals surface area contributed by atoms with Gasteiger partial charge in [0.1, 0.15) is 10.6 Å². The van der Waals surface area contributed by atoms with Crippen molar-refractivity contribution in [3.63, 3.8) is 0 Å². The summed E-state index contributed by atoms with van der Waals surface area (Å²) in [7, 11) is 0. The first kappa shape index (κ1) is 12.3. The van der Waals surface area contributed by atoms with Gasteiger partial charge >= 0.3 is 0 Å². The summed E-state index contributed by atoms with van der Waals surface area (Å²) in [6, 6.07) is 9.46. The van der Waals surface area contributed by atoms with Gasteiger partial charge in [-0.3, -0.25) is 5.43 Å². The van der Waals surface area contributed by atoms with Gasteiger partial charge in [0.05, 0.1) is 5.39 Å². The Hall–Kier alpha value is -1.70. The van der Waals surface area contributed by atoms with Crippen LogP contribution in [0.5, 0.6) is 11.6 Å². The van der Waals surface area contributed by atoms with Gasteiger partial charge in [0.15, 0.2) is 0 Å². The van der Waals surface area contributed by atoms with E-state index in [1.165, 1.54) is 11.3 Å². The first-order chi connectivity index (χ1) is 9.26. The van der Waals surface area contributed by atoms with Crippen molar-refractivity contribution in [2.24, 2.45) is 5.84 Å². The normalized spacial score (nSPS) is 10.6. The fourth-order valence-electron chi connectivity index (χ4n) is 1.58. The molecule has 0 radical (unpaired) electrons. The van der Waals surface area contributed by atoms with E-state index in [2.05, 4.69) is 31.3 Å². The van der Waals surface area contributed by atoms with Crippen LogP contribution >= 0.6 is 27.3 Å². The van der Waals surface area contributed by atoms with E-state index in [4.69, 9.17) is 10.6 Å². The summed E-state index contributed by atoms with van der Waals surface area (Å²) in [5.41, 5.74) is 2.44. The zero-order chi connectivity index (χ0) is 13.2. The van der Waals surface area contributed by atoms with Gasteiger partial charge in [-0.15, -0.1) is 11.3 Å². The fourth-order valence-corrected chi connectivity index (χ4v) is 2.60. The molecule has 0 amide bonds. The molecule has 0 aliphatic carbocycles. The molecule has 0 fully saturated rings. The van der Waals surface area contributed by atoms with Crippen molar-refractivity contribution in [3.05, 3.63) is 40.2 Å². The van der Waals surface area contributed by atoms with E-state index in [1.807, 2.05) is 35.7 Å². The number of hydrazine groups is 1. The number of aromatic nitrogens is 2. The van der Waals surface area contributed by atoms with Gasteiger partial charge in [0.25, 0.3) is 0 Å². The number of anilines is 1. The molecule has 1 aromatic carbocycles. The van der Waals surface area contributed by atoms with Crippen LogP contribution in [0.2, 0.25) is 0 Å². The van der Waals surface area contributed by atoms with Gasteiger partial charge in [-0.2, -0.15) is 4.98 Å². The van der Waals surface area contributed by atoms with E-state index in [0.717, 1.165) is 14.7 Å². The molecular weight excluding hydrogens is 328 g/mol. The van der Waals surface area contributed by atoms with Gasteiger partial charge in [-0.25, -0.2) is 10.8 Å². The molecule has 0 aliphatic rings. The van der Waals surface area contributed by atoms with Crippen molar-refractivity contribution in [1.29, 1.82) is 0 Å². The molecule has 0 spiro atoms. The second-order valence-electron chi connectivity index (χ2n) is 3.69. The first-order valence-corrected chi connectivity index (χ1v) is 7.09. The molecule has 2 aromatic heterocycles. The molecule has 0 bridgehead atoms. The lowest BCUT2D eigenvalue weighted by atomic mass is 10.3. The summed E-state index contributed by atoms with van der Waals surface area (Å²) in [4.78, 5) is 9.32. The van der Waals surface area contributed by atoms with Crippen LogP contribution in [0.4, 0.5) is 5.95 Å². The number of nitrogen functional groups attached to an aromatic ring is 1. The number of nitrogens with two attached hydrogens (primary N) is 1. The predicted molar refractivity (Wildman–Crippen MR) is 79.4 cm³/mol. The molecule has 3 aromatic rings. The number of nitrogens with one attached hydrogen (secondary N) is 1. The van der Waals surface area contributed by atoms with Crippen molar-refractivity contribution in [2.75, 3.05) is 5.43 Å². The zero-order valence-electron chi connectivity index (χ0n) is 9.63. The summed E-state index contributed by atoms with van der Waals surface area (Å²) in [6.07, 6.45) is 0. The zero-order valence-corrected chi connectivity index (χ0v) is 12.0. The molecule has 19 heavy (non-hydrogen) atoms. The monoisotopic (exact) mass is 336 g/mol. The largest absolute Gasteiger partial charge is 0.438 e. The number of thiophene rings is 1. The summed E-state index contributed by atoms with van der Waals surface area (Å²) < 4.78 is 6.78. The molecule has 0 saturated carbocycles. The lowest BCUT2D eigenvalue weighted by molar-refractivity contribution is 0.469. The molecule has 3 N–H and O–H groups in total. The smallest absolute Gasteiger partial charge is 0.241 e. The highest BCUT2D eigenvalue weighted by atomic mass is 79.9. The average Bonchev–Trinajstić information content (AvgIpc) is 2.89. The standard InChI is InChI=1S/C12H9BrN4OS/c13-7-1-3-8(4-2-7)18-10-9-5-6-19-11(9)16-12(15-10)17-14/h1-6H,14H2,(H,15,16,17). The molecule has 96 valence electrons. The maximum absolute atomic E-state index is 5.79. The molecule has 7 heteroatoms. The number of hydrogen-bond acceptors (Lipinski definition) is 6. The number of hydrogen-bond donors (Lipinski definition) is 2. The lowest BCUT2D eigenvalue weighted by Gasteiger charge is -2.07. The molecule has 0 saturated heterocycles. The van der Waals surface area contributed by atoms with E-state index in [-0.39, 0.29) is 0 Å². The van der Waals surface area contributed by atoms with Crippen LogP contribution in [0, 0.1) is 0 Å². The van der Waals surface area contributed by atoms with Gasteiger partial charge < -0.3 is 4.74 Å². The topological polar surface area (TPSA) is 73.1 Å². The SMILES string of the molecule is NNc1nc(Oc2ccc(Br)cc2)c2ccsc2n1. The van der Waals surface area contributed by atoms with Crippen molar-refractivity contribution < 1.29 is 4.74 Å². The average molecular weight is 337 g/mol. The number of fused-ring (bicyclic) bond motifs is 1. The van der Waals surface area contributed by atoms with Gasteiger partial charge in [-0.1, -0.05) is 15.9 Å². The highest BCUT2D eigenvalue weighted by molar-refractivity contribution is 9.10. The Balaban J connectivity index is 2.03. The van der Waals surface area contributed by atoms with E-state index in [9.17, 15) is 0 Å². The fraction of sp³-hybridized carbons (Fsp3) is 0. The van der Waals surface area contributed by atoms with E-state index in [1.54, 1.807) is 0 Å². The van der Waals surface area contributed by atoms with E-state index < -0.39 is 0 Å². The Bertz CT molecular complexity index is 713. The Kier molecular flexibility index (Phi) is 3.33. The van der Waals surface area contributed by atoms with Gasteiger partial charge in [0, 0.05) is 4.47 Å². The quantitative estimate of drug-likeness (QED) is 0.565. The molecule has 0 atom stereocenters.